The molecule has 9 heteroatoms. The number of aliphatic hydroxyl groups excluding tert-OH is 1. The van der Waals surface area contributed by atoms with Gasteiger partial charge in [-0.25, -0.2) is 0 Å². The Hall–Kier alpha value is -3.72. The summed E-state index contributed by atoms with van der Waals surface area (Å²) in [6.45, 7) is 9.07. The number of hydrogen-bond acceptors (Lipinski definition) is 8. The van der Waals surface area contributed by atoms with Crippen molar-refractivity contribution in [3.63, 3.8) is 0 Å². The lowest BCUT2D eigenvalue weighted by Crippen LogP contribution is -2.33. The molecule has 2 aromatic rings. The molecular formula is C30H38N2O7. The van der Waals surface area contributed by atoms with Gasteiger partial charge in [-0.3, -0.25) is 9.59 Å². The van der Waals surface area contributed by atoms with Crippen LogP contribution in [0.4, 0.5) is 0 Å². The Balaban J connectivity index is 1.83. The van der Waals surface area contributed by atoms with E-state index in [0.29, 0.717) is 47.8 Å². The average molecular weight is 539 g/mol. The summed E-state index contributed by atoms with van der Waals surface area (Å²) in [5.74, 6) is 0.355. The molecule has 2 aromatic carbocycles. The molecule has 1 amide bonds. The lowest BCUT2D eigenvalue weighted by atomic mass is 9.94. The van der Waals surface area contributed by atoms with Crippen molar-refractivity contribution >= 4 is 17.4 Å². The molecule has 1 N–H and O–H groups in total. The van der Waals surface area contributed by atoms with Crippen molar-refractivity contribution in [2.45, 2.75) is 45.8 Å². The second-order valence-electron chi connectivity index (χ2n) is 9.79. The van der Waals surface area contributed by atoms with Gasteiger partial charge in [0.15, 0.2) is 11.5 Å². The van der Waals surface area contributed by atoms with Crippen LogP contribution in [0.15, 0.2) is 35.9 Å². The summed E-state index contributed by atoms with van der Waals surface area (Å²) in [6.07, 6.45) is 1.41. The zero-order valence-electron chi connectivity index (χ0n) is 23.6. The predicted octanol–water partition coefficient (Wildman–Crippen LogP) is 4.19. The number of methoxy groups -OCH3 is 3. The van der Waals surface area contributed by atoms with E-state index in [2.05, 4.69) is 18.7 Å². The topological polar surface area (TPSA) is 97.8 Å². The molecule has 39 heavy (non-hydrogen) atoms. The zero-order valence-corrected chi connectivity index (χ0v) is 23.6. The number of benzene rings is 2. The van der Waals surface area contributed by atoms with Crippen LogP contribution in [0, 0.1) is 0 Å². The Morgan fingerprint density at radius 3 is 2.31 bits per heavy atom. The molecule has 2 atom stereocenters. The molecule has 2 aliphatic rings. The fraction of sp³-hybridized carbons (Fsp3) is 0.467. The number of fused-ring (bicyclic) bond motifs is 1. The molecule has 210 valence electrons. The Bertz CT molecular complexity index is 1240. The molecule has 0 saturated carbocycles. The van der Waals surface area contributed by atoms with Gasteiger partial charge >= 0.3 is 0 Å². The predicted molar refractivity (Wildman–Crippen MR) is 148 cm³/mol. The minimum Gasteiger partial charge on any atom is -0.507 e. The number of amides is 1. The molecule has 4 rings (SSSR count). The van der Waals surface area contributed by atoms with Gasteiger partial charge in [0.2, 0.25) is 5.75 Å². The molecule has 0 bridgehead atoms. The first-order valence-corrected chi connectivity index (χ1v) is 13.4. The highest BCUT2D eigenvalue weighted by molar-refractivity contribution is 6.46. The maximum absolute atomic E-state index is 13.5. The standard InChI is InChI=1S/C30H38N2O7/c1-7-31(8-2)12-9-13-32-26(21-16-23(36-4)29(38-6)24(17-21)37-5)25(28(34)30(32)35)27(33)19-10-11-22-20(15-19)14-18(3)39-22/h10-11,15-18,26,33H,7-9,12-14H2,1-6H3/b27-25+/t18-,26+/m1/s1. The minimum absolute atomic E-state index is 0.0315. The van der Waals surface area contributed by atoms with E-state index < -0.39 is 17.7 Å². The molecule has 0 spiro atoms. The summed E-state index contributed by atoms with van der Waals surface area (Å²) in [5, 5.41) is 11.5. The number of likely N-dealkylation sites (tertiary alicyclic amines) is 1. The van der Waals surface area contributed by atoms with Gasteiger partial charge in [-0.1, -0.05) is 13.8 Å². The summed E-state index contributed by atoms with van der Waals surface area (Å²) in [5.41, 5.74) is 2.02. The first-order chi connectivity index (χ1) is 18.8. The number of carbonyl (C=O) groups is 2. The lowest BCUT2D eigenvalue weighted by molar-refractivity contribution is -0.140. The van der Waals surface area contributed by atoms with E-state index in [1.54, 1.807) is 24.3 Å². The van der Waals surface area contributed by atoms with Crippen molar-refractivity contribution in [3.05, 3.63) is 52.6 Å². The normalized spacial score (nSPS) is 19.8. The monoisotopic (exact) mass is 538 g/mol. The molecule has 2 aliphatic heterocycles. The van der Waals surface area contributed by atoms with E-state index in [1.807, 2.05) is 13.0 Å². The largest absolute Gasteiger partial charge is 0.507 e. The summed E-state index contributed by atoms with van der Waals surface area (Å²) in [7, 11) is 4.53. The molecule has 0 unspecified atom stereocenters. The third kappa shape index (κ3) is 5.41. The SMILES string of the molecule is CCN(CC)CCCN1C(=O)C(=O)/C(=C(/O)c2ccc3c(c2)C[C@@H](C)O3)[C@@H]1c1cc(OC)c(OC)c(OC)c1. The second kappa shape index (κ2) is 12.0. The van der Waals surface area contributed by atoms with Gasteiger partial charge in [0.05, 0.1) is 32.9 Å². The smallest absolute Gasteiger partial charge is 0.295 e. The number of ether oxygens (including phenoxy) is 4. The summed E-state index contributed by atoms with van der Waals surface area (Å²) >= 11 is 0. The van der Waals surface area contributed by atoms with E-state index in [4.69, 9.17) is 18.9 Å². The third-order valence-corrected chi connectivity index (χ3v) is 7.48. The van der Waals surface area contributed by atoms with E-state index in [-0.39, 0.29) is 17.4 Å². The quantitative estimate of drug-likeness (QED) is 0.258. The number of hydrogen-bond donors (Lipinski definition) is 1. The van der Waals surface area contributed by atoms with Crippen LogP contribution in [0.1, 0.15) is 49.9 Å². The summed E-state index contributed by atoms with van der Waals surface area (Å²) in [4.78, 5) is 30.7. The van der Waals surface area contributed by atoms with Crippen molar-refractivity contribution in [3.8, 4) is 23.0 Å². The van der Waals surface area contributed by atoms with Crippen molar-refractivity contribution < 1.29 is 33.6 Å². The van der Waals surface area contributed by atoms with E-state index in [1.165, 1.54) is 26.2 Å². The van der Waals surface area contributed by atoms with Crippen LogP contribution >= 0.6 is 0 Å². The van der Waals surface area contributed by atoms with Gasteiger partial charge in [0.1, 0.15) is 17.6 Å². The first kappa shape index (κ1) is 28.3. The van der Waals surface area contributed by atoms with Crippen molar-refractivity contribution in [2.75, 3.05) is 47.5 Å². The Morgan fingerprint density at radius 1 is 1.05 bits per heavy atom. The average Bonchev–Trinajstić information content (AvgIpc) is 3.44. The van der Waals surface area contributed by atoms with Gasteiger partial charge in [-0.05, 0) is 74.4 Å². The summed E-state index contributed by atoms with van der Waals surface area (Å²) < 4.78 is 22.4. The van der Waals surface area contributed by atoms with Gasteiger partial charge in [0.25, 0.3) is 11.7 Å². The van der Waals surface area contributed by atoms with E-state index >= 15 is 0 Å². The number of rotatable bonds is 11. The molecule has 0 radical (unpaired) electrons. The third-order valence-electron chi connectivity index (χ3n) is 7.48. The lowest BCUT2D eigenvalue weighted by Gasteiger charge is -2.27. The van der Waals surface area contributed by atoms with Gasteiger partial charge in [-0.2, -0.15) is 0 Å². The number of ketones is 1. The number of aliphatic hydroxyl groups is 1. The van der Waals surface area contributed by atoms with Crippen LogP contribution in [0.25, 0.3) is 5.76 Å². The Labute approximate surface area is 229 Å². The molecule has 1 saturated heterocycles. The van der Waals surface area contributed by atoms with Crippen LogP contribution in [-0.2, 0) is 16.0 Å². The highest BCUT2D eigenvalue weighted by atomic mass is 16.5. The first-order valence-electron chi connectivity index (χ1n) is 13.4. The Morgan fingerprint density at radius 2 is 1.72 bits per heavy atom. The molecular weight excluding hydrogens is 500 g/mol. The molecule has 9 nitrogen and oxygen atoms in total. The van der Waals surface area contributed by atoms with E-state index in [0.717, 1.165) is 30.9 Å². The maximum atomic E-state index is 13.5. The molecule has 2 heterocycles. The van der Waals surface area contributed by atoms with Gasteiger partial charge in [-0.15, -0.1) is 0 Å². The number of carbonyl (C=O) groups excluding carboxylic acids is 2. The van der Waals surface area contributed by atoms with Crippen molar-refractivity contribution in [1.29, 1.82) is 0 Å². The second-order valence-corrected chi connectivity index (χ2v) is 9.79. The highest BCUT2D eigenvalue weighted by Gasteiger charge is 2.46. The van der Waals surface area contributed by atoms with Crippen molar-refractivity contribution in [1.82, 2.24) is 9.80 Å². The van der Waals surface area contributed by atoms with Crippen LogP contribution in [0.3, 0.4) is 0 Å². The van der Waals surface area contributed by atoms with Gasteiger partial charge < -0.3 is 33.9 Å². The Kier molecular flexibility index (Phi) is 8.70. The fourth-order valence-corrected chi connectivity index (χ4v) is 5.45. The van der Waals surface area contributed by atoms with Crippen LogP contribution in [0.5, 0.6) is 23.0 Å². The van der Waals surface area contributed by atoms with E-state index in [9.17, 15) is 14.7 Å². The molecule has 1 fully saturated rings. The number of nitrogens with zero attached hydrogens (tertiary/aromatic N) is 2. The highest BCUT2D eigenvalue weighted by Crippen LogP contribution is 2.46. The summed E-state index contributed by atoms with van der Waals surface area (Å²) in [6, 6.07) is 7.95. The zero-order chi connectivity index (χ0) is 28.3. The molecule has 0 aliphatic carbocycles. The van der Waals surface area contributed by atoms with Crippen molar-refractivity contribution in [2.24, 2.45) is 0 Å². The molecule has 0 aromatic heterocycles. The van der Waals surface area contributed by atoms with Crippen LogP contribution < -0.4 is 18.9 Å². The fourth-order valence-electron chi connectivity index (χ4n) is 5.45. The minimum atomic E-state index is -0.834. The maximum Gasteiger partial charge on any atom is 0.295 e. The van der Waals surface area contributed by atoms with Crippen LogP contribution in [-0.4, -0.2) is 80.2 Å². The number of Topliss-reactive ketones (excluding diaryl/α,β-unsaturated/α-hetero) is 1. The van der Waals surface area contributed by atoms with Crippen LogP contribution in [0.2, 0.25) is 0 Å². The van der Waals surface area contributed by atoms with Gasteiger partial charge in [0, 0.05) is 18.5 Å².